The van der Waals surface area contributed by atoms with Crippen molar-refractivity contribution in [3.63, 3.8) is 0 Å². The standard InChI is InChI=1S/C18H13Cl2N7O/c19-14-6-2-7-15(16(14)20)27-17(24-25-26-27)23-11-12-4-1-5-13(10-12)28-18-21-8-3-9-22-18/h1-10H,11H2,(H,23,24,26). The normalized spacial score (nSPS) is 10.6. The monoisotopic (exact) mass is 413 g/mol. The number of halogens is 2. The van der Waals surface area contributed by atoms with Crippen LogP contribution in [0.1, 0.15) is 5.56 Å². The molecule has 0 radical (unpaired) electrons. The molecule has 2 aromatic carbocycles. The molecule has 0 aliphatic rings. The van der Waals surface area contributed by atoms with Gasteiger partial charge in [-0.2, -0.15) is 4.68 Å². The topological polar surface area (TPSA) is 90.6 Å². The first-order chi connectivity index (χ1) is 13.7. The third-order valence-electron chi connectivity index (χ3n) is 3.73. The van der Waals surface area contributed by atoms with Crippen molar-refractivity contribution in [3.05, 3.63) is 76.5 Å². The largest absolute Gasteiger partial charge is 0.424 e. The molecular weight excluding hydrogens is 401 g/mol. The minimum absolute atomic E-state index is 0.284. The molecule has 0 bridgehead atoms. The second-order valence-electron chi connectivity index (χ2n) is 5.62. The van der Waals surface area contributed by atoms with E-state index in [-0.39, 0.29) is 6.01 Å². The van der Waals surface area contributed by atoms with Gasteiger partial charge < -0.3 is 10.1 Å². The molecule has 2 aromatic heterocycles. The lowest BCUT2D eigenvalue weighted by Crippen LogP contribution is -2.08. The molecule has 0 saturated heterocycles. The summed E-state index contributed by atoms with van der Waals surface area (Å²) in [6.07, 6.45) is 3.24. The van der Waals surface area contributed by atoms with Crippen LogP contribution in [0, 0.1) is 0 Å². The molecule has 0 spiro atoms. The summed E-state index contributed by atoms with van der Waals surface area (Å²) in [5.41, 5.74) is 1.54. The molecule has 0 unspecified atom stereocenters. The van der Waals surface area contributed by atoms with Crippen molar-refractivity contribution in [2.75, 3.05) is 5.32 Å². The Morgan fingerprint density at radius 3 is 2.68 bits per heavy atom. The molecule has 4 aromatic rings. The molecule has 1 N–H and O–H groups in total. The van der Waals surface area contributed by atoms with Crippen LogP contribution >= 0.6 is 23.2 Å². The number of rotatable bonds is 6. The molecule has 10 heteroatoms. The number of anilines is 1. The molecule has 0 saturated carbocycles. The maximum Gasteiger partial charge on any atom is 0.321 e. The van der Waals surface area contributed by atoms with E-state index < -0.39 is 0 Å². The lowest BCUT2D eigenvalue weighted by atomic mass is 10.2. The van der Waals surface area contributed by atoms with Crippen molar-refractivity contribution < 1.29 is 4.74 Å². The van der Waals surface area contributed by atoms with Gasteiger partial charge in [0.1, 0.15) is 5.75 Å². The van der Waals surface area contributed by atoms with Gasteiger partial charge >= 0.3 is 6.01 Å². The molecule has 2 heterocycles. The molecule has 0 fully saturated rings. The highest BCUT2D eigenvalue weighted by Gasteiger charge is 2.13. The van der Waals surface area contributed by atoms with E-state index in [1.165, 1.54) is 4.68 Å². The number of nitrogens with one attached hydrogen (secondary N) is 1. The third-order valence-corrected chi connectivity index (χ3v) is 4.54. The Hall–Kier alpha value is -3.23. The molecule has 0 atom stereocenters. The first-order valence-corrected chi connectivity index (χ1v) is 8.97. The Bertz CT molecular complexity index is 1090. The van der Waals surface area contributed by atoms with Crippen LogP contribution < -0.4 is 10.1 Å². The zero-order valence-electron chi connectivity index (χ0n) is 14.3. The maximum atomic E-state index is 6.27. The van der Waals surface area contributed by atoms with Gasteiger partial charge in [0.25, 0.3) is 0 Å². The van der Waals surface area contributed by atoms with E-state index >= 15 is 0 Å². The van der Waals surface area contributed by atoms with E-state index in [2.05, 4.69) is 30.8 Å². The van der Waals surface area contributed by atoms with E-state index in [0.29, 0.717) is 34.0 Å². The molecule has 4 rings (SSSR count). The second-order valence-corrected chi connectivity index (χ2v) is 6.41. The highest BCUT2D eigenvalue weighted by Crippen LogP contribution is 2.29. The van der Waals surface area contributed by atoms with E-state index in [4.69, 9.17) is 27.9 Å². The number of tetrazole rings is 1. The molecule has 28 heavy (non-hydrogen) atoms. The summed E-state index contributed by atoms with van der Waals surface area (Å²) < 4.78 is 7.14. The van der Waals surface area contributed by atoms with Crippen molar-refractivity contribution in [2.45, 2.75) is 6.54 Å². The Morgan fingerprint density at radius 1 is 1.00 bits per heavy atom. The summed E-state index contributed by atoms with van der Waals surface area (Å²) in [6, 6.07) is 14.8. The number of hydrogen-bond acceptors (Lipinski definition) is 7. The quantitative estimate of drug-likeness (QED) is 0.507. The molecule has 0 aliphatic heterocycles. The van der Waals surface area contributed by atoms with Crippen LogP contribution in [-0.2, 0) is 6.54 Å². The minimum atomic E-state index is 0.284. The van der Waals surface area contributed by atoms with E-state index in [0.717, 1.165) is 5.56 Å². The molecular formula is C18H13Cl2N7O. The first-order valence-electron chi connectivity index (χ1n) is 8.21. The van der Waals surface area contributed by atoms with Gasteiger partial charge in [0.05, 0.1) is 15.7 Å². The number of hydrogen-bond donors (Lipinski definition) is 1. The SMILES string of the molecule is Clc1cccc(-n2nnnc2NCc2cccc(Oc3ncccn3)c2)c1Cl. The average molecular weight is 414 g/mol. The zero-order chi connectivity index (χ0) is 19.3. The maximum absolute atomic E-state index is 6.27. The van der Waals surface area contributed by atoms with Gasteiger partial charge in [-0.3, -0.25) is 0 Å². The Labute approximate surface area is 170 Å². The van der Waals surface area contributed by atoms with Gasteiger partial charge in [0, 0.05) is 18.9 Å². The van der Waals surface area contributed by atoms with Crippen LogP contribution in [0.4, 0.5) is 5.95 Å². The smallest absolute Gasteiger partial charge is 0.321 e. The fourth-order valence-corrected chi connectivity index (χ4v) is 2.83. The fourth-order valence-electron chi connectivity index (χ4n) is 2.46. The minimum Gasteiger partial charge on any atom is -0.424 e. The van der Waals surface area contributed by atoms with Crippen molar-refractivity contribution in [3.8, 4) is 17.4 Å². The van der Waals surface area contributed by atoms with Crippen molar-refractivity contribution in [1.29, 1.82) is 0 Å². The predicted octanol–water partition coefficient (Wildman–Crippen LogP) is 4.16. The van der Waals surface area contributed by atoms with Crippen molar-refractivity contribution in [1.82, 2.24) is 30.2 Å². The Morgan fingerprint density at radius 2 is 1.82 bits per heavy atom. The van der Waals surface area contributed by atoms with Crippen LogP contribution in [0.25, 0.3) is 5.69 Å². The van der Waals surface area contributed by atoms with Gasteiger partial charge in [-0.05, 0) is 46.3 Å². The summed E-state index contributed by atoms with van der Waals surface area (Å²) in [5, 5.41) is 15.7. The number of nitrogens with zero attached hydrogens (tertiary/aromatic N) is 6. The summed E-state index contributed by atoms with van der Waals surface area (Å²) in [5.74, 6) is 1.06. The lowest BCUT2D eigenvalue weighted by Gasteiger charge is -2.10. The van der Waals surface area contributed by atoms with Crippen LogP contribution in [0.3, 0.4) is 0 Å². The van der Waals surface area contributed by atoms with E-state index in [1.807, 2.05) is 24.3 Å². The summed E-state index contributed by atoms with van der Waals surface area (Å²) >= 11 is 12.3. The van der Waals surface area contributed by atoms with Crippen molar-refractivity contribution in [2.24, 2.45) is 0 Å². The molecule has 0 amide bonds. The molecule has 8 nitrogen and oxygen atoms in total. The van der Waals surface area contributed by atoms with Crippen LogP contribution in [0.2, 0.25) is 10.0 Å². The highest BCUT2D eigenvalue weighted by molar-refractivity contribution is 6.43. The van der Waals surface area contributed by atoms with Crippen molar-refractivity contribution >= 4 is 29.2 Å². The van der Waals surface area contributed by atoms with Crippen LogP contribution in [-0.4, -0.2) is 30.2 Å². The van der Waals surface area contributed by atoms with Gasteiger partial charge in [-0.1, -0.05) is 46.5 Å². The van der Waals surface area contributed by atoms with Gasteiger partial charge in [0.15, 0.2) is 0 Å². The Balaban J connectivity index is 1.50. The second kappa shape index (κ2) is 8.20. The van der Waals surface area contributed by atoms with Gasteiger partial charge in [-0.25, -0.2) is 9.97 Å². The lowest BCUT2D eigenvalue weighted by molar-refractivity contribution is 0.441. The summed E-state index contributed by atoms with van der Waals surface area (Å²) in [6.45, 7) is 0.464. The fraction of sp³-hybridized carbons (Fsp3) is 0.0556. The van der Waals surface area contributed by atoms with Gasteiger partial charge in [-0.15, -0.1) is 0 Å². The zero-order valence-corrected chi connectivity index (χ0v) is 15.8. The van der Waals surface area contributed by atoms with E-state index in [9.17, 15) is 0 Å². The average Bonchev–Trinajstić information content (AvgIpc) is 3.18. The van der Waals surface area contributed by atoms with Crippen LogP contribution in [0.15, 0.2) is 60.9 Å². The molecule has 140 valence electrons. The summed E-state index contributed by atoms with van der Waals surface area (Å²) in [7, 11) is 0. The number of benzene rings is 2. The number of ether oxygens (including phenoxy) is 1. The van der Waals surface area contributed by atoms with Gasteiger partial charge in [0.2, 0.25) is 5.95 Å². The predicted molar refractivity (Wildman–Crippen MR) is 105 cm³/mol. The highest BCUT2D eigenvalue weighted by atomic mass is 35.5. The number of aromatic nitrogens is 6. The summed E-state index contributed by atoms with van der Waals surface area (Å²) in [4.78, 5) is 8.10. The van der Waals surface area contributed by atoms with Crippen LogP contribution in [0.5, 0.6) is 11.8 Å². The first kappa shape index (κ1) is 18.1. The third kappa shape index (κ3) is 4.03. The Kier molecular flexibility index (Phi) is 5.31. The van der Waals surface area contributed by atoms with E-state index in [1.54, 1.807) is 36.7 Å². The molecule has 0 aliphatic carbocycles.